The summed E-state index contributed by atoms with van der Waals surface area (Å²) in [6.07, 6.45) is 0. The van der Waals surface area contributed by atoms with Gasteiger partial charge in [-0.2, -0.15) is 5.10 Å². The van der Waals surface area contributed by atoms with Gasteiger partial charge >= 0.3 is 0 Å². The number of aromatic nitrogens is 2. The molecule has 0 unspecified atom stereocenters. The third-order valence-electron chi connectivity index (χ3n) is 3.55. The highest BCUT2D eigenvalue weighted by molar-refractivity contribution is 6.42. The van der Waals surface area contributed by atoms with Crippen LogP contribution in [0.3, 0.4) is 0 Å². The van der Waals surface area contributed by atoms with E-state index in [1.165, 1.54) is 0 Å². The molecule has 3 nitrogen and oxygen atoms in total. The van der Waals surface area contributed by atoms with E-state index in [0.29, 0.717) is 21.1 Å². The van der Waals surface area contributed by atoms with Crippen molar-refractivity contribution in [3.63, 3.8) is 0 Å². The molecule has 0 radical (unpaired) electrons. The first-order valence-corrected chi connectivity index (χ1v) is 7.18. The Morgan fingerprint density at radius 1 is 0.952 bits per heavy atom. The monoisotopic (exact) mass is 318 g/mol. The number of aromatic amines is 1. The molecule has 1 heterocycles. The standard InChI is InChI=1S/C16H12Cl2N2O/c1-8-3-4-9(2)14-13(8)15(19-20-16(14)21)10-5-6-11(17)12(18)7-10/h3-7H,1-2H3,(H,20,21). The van der Waals surface area contributed by atoms with Gasteiger partial charge in [0.2, 0.25) is 0 Å². The summed E-state index contributed by atoms with van der Waals surface area (Å²) in [5, 5.41) is 9.22. The zero-order valence-corrected chi connectivity index (χ0v) is 13.0. The third-order valence-corrected chi connectivity index (χ3v) is 4.29. The van der Waals surface area contributed by atoms with Crippen LogP contribution in [0.25, 0.3) is 22.0 Å². The fourth-order valence-corrected chi connectivity index (χ4v) is 2.78. The Labute approximate surface area is 131 Å². The second kappa shape index (κ2) is 5.17. The molecule has 5 heteroatoms. The SMILES string of the molecule is Cc1ccc(C)c2c(=O)[nH]nc(-c3ccc(Cl)c(Cl)c3)c12. The van der Waals surface area contributed by atoms with Crippen LogP contribution in [0.4, 0.5) is 0 Å². The van der Waals surface area contributed by atoms with Crippen molar-refractivity contribution in [3.05, 3.63) is 61.9 Å². The molecule has 106 valence electrons. The van der Waals surface area contributed by atoms with Crippen LogP contribution >= 0.6 is 23.2 Å². The summed E-state index contributed by atoms with van der Waals surface area (Å²) in [5.74, 6) is 0. The molecule has 0 saturated heterocycles. The lowest BCUT2D eigenvalue weighted by Crippen LogP contribution is -2.11. The Morgan fingerprint density at radius 3 is 2.29 bits per heavy atom. The molecule has 3 rings (SSSR count). The van der Waals surface area contributed by atoms with Crippen molar-refractivity contribution in [1.82, 2.24) is 10.2 Å². The lowest BCUT2D eigenvalue weighted by atomic mass is 9.98. The highest BCUT2D eigenvalue weighted by Crippen LogP contribution is 2.32. The lowest BCUT2D eigenvalue weighted by Gasteiger charge is -2.10. The van der Waals surface area contributed by atoms with Gasteiger partial charge in [-0.1, -0.05) is 41.4 Å². The van der Waals surface area contributed by atoms with E-state index in [0.717, 1.165) is 22.1 Å². The fraction of sp³-hybridized carbons (Fsp3) is 0.125. The highest BCUT2D eigenvalue weighted by Gasteiger charge is 2.13. The molecule has 0 aliphatic carbocycles. The summed E-state index contributed by atoms with van der Waals surface area (Å²) >= 11 is 12.0. The van der Waals surface area contributed by atoms with Gasteiger partial charge in [-0.05, 0) is 37.1 Å². The maximum Gasteiger partial charge on any atom is 0.272 e. The molecule has 0 aliphatic heterocycles. The van der Waals surface area contributed by atoms with E-state index in [1.54, 1.807) is 12.1 Å². The predicted molar refractivity (Wildman–Crippen MR) is 87.3 cm³/mol. The van der Waals surface area contributed by atoms with Crippen LogP contribution in [0.15, 0.2) is 35.1 Å². The molecule has 21 heavy (non-hydrogen) atoms. The van der Waals surface area contributed by atoms with Crippen LogP contribution in [-0.2, 0) is 0 Å². The number of nitrogens with one attached hydrogen (secondary N) is 1. The Hall–Kier alpha value is -1.84. The molecule has 2 aromatic carbocycles. The second-order valence-electron chi connectivity index (χ2n) is 4.98. The number of H-pyrrole nitrogens is 1. The lowest BCUT2D eigenvalue weighted by molar-refractivity contribution is 1.01. The zero-order valence-electron chi connectivity index (χ0n) is 11.5. The van der Waals surface area contributed by atoms with Gasteiger partial charge in [0.1, 0.15) is 0 Å². The van der Waals surface area contributed by atoms with Gasteiger partial charge in [0, 0.05) is 10.9 Å². The molecule has 0 bridgehead atoms. The van der Waals surface area contributed by atoms with Gasteiger partial charge in [0.15, 0.2) is 0 Å². The largest absolute Gasteiger partial charge is 0.272 e. The summed E-state index contributed by atoms with van der Waals surface area (Å²) in [6.45, 7) is 3.87. The van der Waals surface area contributed by atoms with Gasteiger partial charge < -0.3 is 0 Å². The van der Waals surface area contributed by atoms with Crippen LogP contribution in [0.1, 0.15) is 11.1 Å². The topological polar surface area (TPSA) is 45.8 Å². The van der Waals surface area contributed by atoms with Crippen LogP contribution in [-0.4, -0.2) is 10.2 Å². The zero-order chi connectivity index (χ0) is 15.1. The summed E-state index contributed by atoms with van der Waals surface area (Å²) in [4.78, 5) is 12.1. The molecule has 3 aromatic rings. The summed E-state index contributed by atoms with van der Waals surface area (Å²) in [6, 6.07) is 9.25. The minimum atomic E-state index is -0.185. The molecule has 0 atom stereocenters. The maximum absolute atomic E-state index is 12.1. The predicted octanol–water partition coefficient (Wildman–Crippen LogP) is 4.51. The first kappa shape index (κ1) is 14.1. The van der Waals surface area contributed by atoms with Gasteiger partial charge in [0.25, 0.3) is 5.56 Å². The van der Waals surface area contributed by atoms with Gasteiger partial charge in [-0.3, -0.25) is 4.79 Å². The van der Waals surface area contributed by atoms with E-state index >= 15 is 0 Å². The molecule has 0 saturated carbocycles. The smallest absolute Gasteiger partial charge is 0.267 e. The van der Waals surface area contributed by atoms with Crippen molar-refractivity contribution < 1.29 is 0 Å². The molecule has 1 aromatic heterocycles. The number of fused-ring (bicyclic) bond motifs is 1. The van der Waals surface area contributed by atoms with E-state index in [2.05, 4.69) is 10.2 Å². The molecule has 0 aliphatic rings. The molecular formula is C16H12Cl2N2O. The minimum absolute atomic E-state index is 0.185. The van der Waals surface area contributed by atoms with Crippen molar-refractivity contribution in [2.75, 3.05) is 0 Å². The summed E-state index contributed by atoms with van der Waals surface area (Å²) in [7, 11) is 0. The Balaban J connectivity index is 2.43. The van der Waals surface area contributed by atoms with Gasteiger partial charge in [0.05, 0.1) is 21.1 Å². The molecule has 0 amide bonds. The first-order chi connectivity index (χ1) is 9.99. The summed E-state index contributed by atoms with van der Waals surface area (Å²) < 4.78 is 0. The summed E-state index contributed by atoms with van der Waals surface area (Å²) in [5.41, 5.74) is 3.24. The number of nitrogens with zero attached hydrogens (tertiary/aromatic N) is 1. The molecule has 0 spiro atoms. The van der Waals surface area contributed by atoms with E-state index in [1.807, 2.05) is 32.0 Å². The van der Waals surface area contributed by atoms with Gasteiger partial charge in [-0.25, -0.2) is 5.10 Å². The Bertz CT molecular complexity index is 916. The number of rotatable bonds is 1. The number of aryl methyl sites for hydroxylation is 2. The fourth-order valence-electron chi connectivity index (χ4n) is 2.48. The molecular weight excluding hydrogens is 307 g/mol. The quantitative estimate of drug-likeness (QED) is 0.717. The second-order valence-corrected chi connectivity index (χ2v) is 5.79. The highest BCUT2D eigenvalue weighted by atomic mass is 35.5. The van der Waals surface area contributed by atoms with Crippen molar-refractivity contribution in [2.45, 2.75) is 13.8 Å². The van der Waals surface area contributed by atoms with E-state index in [4.69, 9.17) is 23.2 Å². The third kappa shape index (κ3) is 2.33. The van der Waals surface area contributed by atoms with Crippen LogP contribution in [0.2, 0.25) is 10.0 Å². The maximum atomic E-state index is 12.1. The normalized spacial score (nSPS) is 11.0. The minimum Gasteiger partial charge on any atom is -0.267 e. The van der Waals surface area contributed by atoms with Crippen molar-refractivity contribution in [3.8, 4) is 11.3 Å². The number of hydrogen-bond donors (Lipinski definition) is 1. The average Bonchev–Trinajstić information content (AvgIpc) is 2.46. The van der Waals surface area contributed by atoms with Gasteiger partial charge in [-0.15, -0.1) is 0 Å². The molecule has 0 fully saturated rings. The van der Waals surface area contributed by atoms with E-state index < -0.39 is 0 Å². The number of benzene rings is 2. The van der Waals surface area contributed by atoms with Crippen molar-refractivity contribution in [1.29, 1.82) is 0 Å². The molecule has 1 N–H and O–H groups in total. The van der Waals surface area contributed by atoms with E-state index in [9.17, 15) is 4.79 Å². The van der Waals surface area contributed by atoms with Crippen LogP contribution in [0.5, 0.6) is 0 Å². The Kier molecular flexibility index (Phi) is 3.47. The van der Waals surface area contributed by atoms with Crippen LogP contribution in [0, 0.1) is 13.8 Å². The van der Waals surface area contributed by atoms with Crippen molar-refractivity contribution in [2.24, 2.45) is 0 Å². The Morgan fingerprint density at radius 2 is 1.62 bits per heavy atom. The van der Waals surface area contributed by atoms with Crippen LogP contribution < -0.4 is 5.56 Å². The number of hydrogen-bond acceptors (Lipinski definition) is 2. The first-order valence-electron chi connectivity index (χ1n) is 6.43. The van der Waals surface area contributed by atoms with Crippen molar-refractivity contribution >= 4 is 34.0 Å². The average molecular weight is 319 g/mol. The number of halogens is 2. The van der Waals surface area contributed by atoms with E-state index in [-0.39, 0.29) is 5.56 Å².